The summed E-state index contributed by atoms with van der Waals surface area (Å²) in [4.78, 5) is 11.6. The molecule has 0 bridgehead atoms. The maximum absolute atomic E-state index is 11.6. The average molecular weight is 259 g/mol. The molecule has 0 aliphatic carbocycles. The molecule has 0 aliphatic heterocycles. The Morgan fingerprint density at radius 3 is 2.58 bits per heavy atom. The first-order valence-electron chi connectivity index (χ1n) is 6.71. The van der Waals surface area contributed by atoms with Gasteiger partial charge in [-0.05, 0) is 31.0 Å². The highest BCUT2D eigenvalue weighted by molar-refractivity contribution is 5.74. The van der Waals surface area contributed by atoms with Gasteiger partial charge in [0.15, 0.2) is 0 Å². The first-order valence-corrected chi connectivity index (χ1v) is 6.71. The van der Waals surface area contributed by atoms with Crippen LogP contribution in [0.5, 0.6) is 0 Å². The maximum Gasteiger partial charge on any atom is 0.315 e. The van der Waals surface area contributed by atoms with Gasteiger partial charge in [0.05, 0.1) is 17.7 Å². The molecule has 0 radical (unpaired) electrons. The van der Waals surface area contributed by atoms with Crippen molar-refractivity contribution in [1.82, 2.24) is 10.6 Å². The molecule has 2 amide bonds. The summed E-state index contributed by atoms with van der Waals surface area (Å²) in [6, 6.07) is 9.09. The van der Waals surface area contributed by atoms with Crippen molar-refractivity contribution < 1.29 is 4.79 Å². The van der Waals surface area contributed by atoms with E-state index in [0.717, 1.165) is 24.8 Å². The molecule has 2 N–H and O–H groups in total. The molecule has 1 aromatic rings. The van der Waals surface area contributed by atoms with E-state index < -0.39 is 0 Å². The van der Waals surface area contributed by atoms with Crippen LogP contribution in [0.25, 0.3) is 0 Å². The summed E-state index contributed by atoms with van der Waals surface area (Å²) in [5.41, 5.74) is 1.61. The molecular formula is C15H21N3O. The zero-order chi connectivity index (χ0) is 14.1. The minimum Gasteiger partial charge on any atom is -0.338 e. The molecule has 0 fully saturated rings. The number of amides is 2. The van der Waals surface area contributed by atoms with Gasteiger partial charge in [-0.25, -0.2) is 4.79 Å². The monoisotopic (exact) mass is 259 g/mol. The van der Waals surface area contributed by atoms with E-state index in [0.29, 0.717) is 12.1 Å². The first kappa shape index (κ1) is 15.0. The van der Waals surface area contributed by atoms with Gasteiger partial charge in [0.2, 0.25) is 0 Å². The standard InChI is InChI=1S/C15H21N3O/c1-3-4-5-10-17-15(19)18-12(2)14-8-6-13(11-16)7-9-14/h6-9,12H,3-5,10H2,1-2H3,(H2,17,18,19)/t12-/m0/s1. The number of hydrogen-bond donors (Lipinski definition) is 2. The van der Waals surface area contributed by atoms with Gasteiger partial charge in [0, 0.05) is 6.54 Å². The lowest BCUT2D eigenvalue weighted by atomic mass is 10.1. The van der Waals surface area contributed by atoms with Crippen LogP contribution in [0.2, 0.25) is 0 Å². The van der Waals surface area contributed by atoms with Crippen LogP contribution in [0.4, 0.5) is 4.79 Å². The Kier molecular flexibility index (Phi) is 6.45. The van der Waals surface area contributed by atoms with Crippen LogP contribution in [0.15, 0.2) is 24.3 Å². The Bertz CT molecular complexity index is 434. The fourth-order valence-electron chi connectivity index (χ4n) is 1.75. The number of carbonyl (C=O) groups is 1. The van der Waals surface area contributed by atoms with Gasteiger partial charge < -0.3 is 10.6 Å². The average Bonchev–Trinajstić information content (AvgIpc) is 2.43. The van der Waals surface area contributed by atoms with E-state index >= 15 is 0 Å². The van der Waals surface area contributed by atoms with Gasteiger partial charge >= 0.3 is 6.03 Å². The Hall–Kier alpha value is -2.02. The summed E-state index contributed by atoms with van der Waals surface area (Å²) in [7, 11) is 0. The molecule has 0 aromatic heterocycles. The summed E-state index contributed by atoms with van der Waals surface area (Å²) in [6.07, 6.45) is 3.28. The van der Waals surface area contributed by atoms with E-state index in [1.54, 1.807) is 12.1 Å². The van der Waals surface area contributed by atoms with E-state index in [1.807, 2.05) is 19.1 Å². The number of nitriles is 1. The largest absolute Gasteiger partial charge is 0.338 e. The first-order chi connectivity index (χ1) is 9.17. The predicted molar refractivity (Wildman–Crippen MR) is 75.6 cm³/mol. The van der Waals surface area contributed by atoms with E-state index in [9.17, 15) is 4.79 Å². The van der Waals surface area contributed by atoms with E-state index in [1.165, 1.54) is 0 Å². The number of hydrogen-bond acceptors (Lipinski definition) is 2. The molecular weight excluding hydrogens is 238 g/mol. The van der Waals surface area contributed by atoms with Crippen LogP contribution in [-0.2, 0) is 0 Å². The predicted octanol–water partition coefficient (Wildman–Crippen LogP) is 3.11. The lowest BCUT2D eigenvalue weighted by molar-refractivity contribution is 0.237. The minimum atomic E-state index is -0.145. The summed E-state index contributed by atoms with van der Waals surface area (Å²) in [5, 5.41) is 14.4. The number of carbonyl (C=O) groups excluding carboxylic acids is 1. The van der Waals surface area contributed by atoms with Gasteiger partial charge in [-0.15, -0.1) is 0 Å². The third-order valence-electron chi connectivity index (χ3n) is 2.95. The molecule has 1 aromatic carbocycles. The summed E-state index contributed by atoms with van der Waals surface area (Å²) < 4.78 is 0. The fourth-order valence-corrected chi connectivity index (χ4v) is 1.75. The second-order valence-electron chi connectivity index (χ2n) is 4.56. The van der Waals surface area contributed by atoms with Crippen LogP contribution < -0.4 is 10.6 Å². The van der Waals surface area contributed by atoms with Crippen LogP contribution in [0.1, 0.15) is 50.3 Å². The van der Waals surface area contributed by atoms with Gasteiger partial charge in [-0.1, -0.05) is 31.9 Å². The van der Waals surface area contributed by atoms with Crippen molar-refractivity contribution in [2.75, 3.05) is 6.54 Å². The van der Waals surface area contributed by atoms with Crippen molar-refractivity contribution in [2.45, 2.75) is 39.2 Å². The normalized spacial score (nSPS) is 11.4. The number of benzene rings is 1. The zero-order valence-electron chi connectivity index (χ0n) is 11.6. The van der Waals surface area contributed by atoms with Crippen molar-refractivity contribution in [3.63, 3.8) is 0 Å². The SMILES string of the molecule is CCCCCNC(=O)N[C@@H](C)c1ccc(C#N)cc1. The molecule has 0 saturated heterocycles. The summed E-state index contributed by atoms with van der Waals surface area (Å²) >= 11 is 0. The lowest BCUT2D eigenvalue weighted by Crippen LogP contribution is -2.37. The van der Waals surface area contributed by atoms with Gasteiger partial charge in [-0.2, -0.15) is 5.26 Å². The molecule has 0 aliphatic rings. The number of unbranched alkanes of at least 4 members (excludes halogenated alkanes) is 2. The molecule has 0 saturated carbocycles. The molecule has 4 nitrogen and oxygen atoms in total. The van der Waals surface area contributed by atoms with Crippen LogP contribution in [0.3, 0.4) is 0 Å². The van der Waals surface area contributed by atoms with Crippen molar-refractivity contribution in [2.24, 2.45) is 0 Å². The lowest BCUT2D eigenvalue weighted by Gasteiger charge is -2.15. The quantitative estimate of drug-likeness (QED) is 0.771. The molecule has 0 heterocycles. The molecule has 0 spiro atoms. The maximum atomic E-state index is 11.6. The molecule has 0 unspecified atom stereocenters. The minimum absolute atomic E-state index is 0.0704. The highest BCUT2D eigenvalue weighted by Gasteiger charge is 2.08. The van der Waals surface area contributed by atoms with Crippen LogP contribution in [-0.4, -0.2) is 12.6 Å². The molecule has 1 atom stereocenters. The van der Waals surface area contributed by atoms with Crippen molar-refractivity contribution >= 4 is 6.03 Å². The Balaban J connectivity index is 2.38. The molecule has 4 heteroatoms. The van der Waals surface area contributed by atoms with Crippen molar-refractivity contribution in [3.8, 4) is 6.07 Å². The second kappa shape index (κ2) is 8.15. The van der Waals surface area contributed by atoms with Crippen LogP contribution in [0, 0.1) is 11.3 Å². The van der Waals surface area contributed by atoms with Crippen molar-refractivity contribution in [3.05, 3.63) is 35.4 Å². The van der Waals surface area contributed by atoms with E-state index in [2.05, 4.69) is 23.6 Å². The second-order valence-corrected chi connectivity index (χ2v) is 4.56. The third kappa shape index (κ3) is 5.43. The Morgan fingerprint density at radius 1 is 1.32 bits per heavy atom. The summed E-state index contributed by atoms with van der Waals surface area (Å²) in [6.45, 7) is 4.76. The highest BCUT2D eigenvalue weighted by Crippen LogP contribution is 2.12. The molecule has 19 heavy (non-hydrogen) atoms. The number of nitrogens with zero attached hydrogens (tertiary/aromatic N) is 1. The third-order valence-corrected chi connectivity index (χ3v) is 2.95. The van der Waals surface area contributed by atoms with Crippen LogP contribution >= 0.6 is 0 Å². The Morgan fingerprint density at radius 2 is 2.00 bits per heavy atom. The van der Waals surface area contributed by atoms with E-state index in [-0.39, 0.29) is 12.1 Å². The molecule has 102 valence electrons. The fraction of sp³-hybridized carbons (Fsp3) is 0.467. The van der Waals surface area contributed by atoms with E-state index in [4.69, 9.17) is 5.26 Å². The number of rotatable bonds is 6. The van der Waals surface area contributed by atoms with Gasteiger partial charge in [-0.3, -0.25) is 0 Å². The smallest absolute Gasteiger partial charge is 0.315 e. The topological polar surface area (TPSA) is 64.9 Å². The van der Waals surface area contributed by atoms with Gasteiger partial charge in [0.25, 0.3) is 0 Å². The summed E-state index contributed by atoms with van der Waals surface area (Å²) in [5.74, 6) is 0. The zero-order valence-corrected chi connectivity index (χ0v) is 11.6. The molecule has 1 rings (SSSR count). The number of nitrogens with one attached hydrogen (secondary N) is 2. The Labute approximate surface area is 114 Å². The highest BCUT2D eigenvalue weighted by atomic mass is 16.2. The van der Waals surface area contributed by atoms with Crippen molar-refractivity contribution in [1.29, 1.82) is 5.26 Å². The number of urea groups is 1. The van der Waals surface area contributed by atoms with Gasteiger partial charge in [0.1, 0.15) is 0 Å².